The third kappa shape index (κ3) is 3.30. The first-order valence-electron chi connectivity index (χ1n) is 8.41. The molecule has 0 aliphatic heterocycles. The van der Waals surface area contributed by atoms with Crippen molar-refractivity contribution < 1.29 is 0 Å². The van der Waals surface area contributed by atoms with Gasteiger partial charge in [0.15, 0.2) is 5.82 Å². The molecule has 3 rings (SSSR count). The molecule has 0 unspecified atom stereocenters. The van der Waals surface area contributed by atoms with E-state index in [-0.39, 0.29) is 10.8 Å². The predicted octanol–water partition coefficient (Wildman–Crippen LogP) is 5.29. The Labute approximate surface area is 144 Å². The van der Waals surface area contributed by atoms with Crippen LogP contribution in [-0.2, 0) is 10.8 Å². The van der Waals surface area contributed by atoms with Crippen molar-refractivity contribution in [1.29, 1.82) is 0 Å². The minimum Gasteiger partial charge on any atom is -0.217 e. The topological polar surface area (TPSA) is 38.7 Å². The zero-order valence-corrected chi connectivity index (χ0v) is 15.4. The molecule has 1 aromatic heterocycles. The Morgan fingerprint density at radius 1 is 0.625 bits per heavy atom. The molecule has 3 heteroatoms. The molecule has 3 nitrogen and oxygen atoms in total. The first kappa shape index (κ1) is 16.6. The van der Waals surface area contributed by atoms with Gasteiger partial charge in [0.25, 0.3) is 0 Å². The second kappa shape index (κ2) is 5.66. The average molecular weight is 319 g/mol. The SMILES string of the molecule is CC(C)(C)c1nc(-c2ccc3ccccc3c2)nc(C(C)(C)C)n1. The van der Waals surface area contributed by atoms with E-state index in [9.17, 15) is 0 Å². The van der Waals surface area contributed by atoms with E-state index in [0.717, 1.165) is 23.0 Å². The van der Waals surface area contributed by atoms with Crippen LogP contribution in [0.1, 0.15) is 53.2 Å². The Morgan fingerprint density at radius 2 is 1.17 bits per heavy atom. The van der Waals surface area contributed by atoms with Crippen molar-refractivity contribution in [3.63, 3.8) is 0 Å². The summed E-state index contributed by atoms with van der Waals surface area (Å²) in [5.41, 5.74) is 0.801. The van der Waals surface area contributed by atoms with E-state index in [1.165, 1.54) is 10.8 Å². The van der Waals surface area contributed by atoms with Crippen molar-refractivity contribution in [2.45, 2.75) is 52.4 Å². The van der Waals surface area contributed by atoms with Crippen LogP contribution < -0.4 is 0 Å². The lowest BCUT2D eigenvalue weighted by Gasteiger charge is -2.22. The van der Waals surface area contributed by atoms with Gasteiger partial charge in [-0.25, -0.2) is 15.0 Å². The molecular formula is C21H25N3. The van der Waals surface area contributed by atoms with Gasteiger partial charge in [0.1, 0.15) is 11.6 Å². The van der Waals surface area contributed by atoms with Crippen LogP contribution in [-0.4, -0.2) is 15.0 Å². The molecule has 0 fully saturated rings. The van der Waals surface area contributed by atoms with Crippen molar-refractivity contribution in [2.24, 2.45) is 0 Å². The molecule has 24 heavy (non-hydrogen) atoms. The van der Waals surface area contributed by atoms with E-state index < -0.39 is 0 Å². The highest BCUT2D eigenvalue weighted by molar-refractivity contribution is 5.86. The molecule has 0 saturated heterocycles. The van der Waals surface area contributed by atoms with E-state index in [4.69, 9.17) is 15.0 Å². The van der Waals surface area contributed by atoms with Gasteiger partial charge in [0.2, 0.25) is 0 Å². The number of benzene rings is 2. The third-order valence-electron chi connectivity index (χ3n) is 3.98. The predicted molar refractivity (Wildman–Crippen MR) is 100 cm³/mol. The van der Waals surface area contributed by atoms with Crippen molar-refractivity contribution >= 4 is 10.8 Å². The van der Waals surface area contributed by atoms with Crippen LogP contribution >= 0.6 is 0 Å². The molecule has 0 radical (unpaired) electrons. The van der Waals surface area contributed by atoms with Gasteiger partial charge in [-0.1, -0.05) is 77.9 Å². The normalized spacial score (nSPS) is 12.6. The summed E-state index contributed by atoms with van der Waals surface area (Å²) in [7, 11) is 0. The van der Waals surface area contributed by atoms with Gasteiger partial charge in [-0.05, 0) is 16.8 Å². The van der Waals surface area contributed by atoms with Crippen LogP contribution in [0.2, 0.25) is 0 Å². The molecule has 0 saturated carbocycles. The molecule has 0 aliphatic carbocycles. The lowest BCUT2D eigenvalue weighted by atomic mass is 9.93. The number of hydrogen-bond acceptors (Lipinski definition) is 3. The van der Waals surface area contributed by atoms with Gasteiger partial charge in [-0.3, -0.25) is 0 Å². The maximum absolute atomic E-state index is 4.77. The first-order chi connectivity index (χ1) is 11.1. The van der Waals surface area contributed by atoms with Crippen LogP contribution in [0.4, 0.5) is 0 Å². The maximum atomic E-state index is 4.77. The Kier molecular flexibility index (Phi) is 3.90. The summed E-state index contributed by atoms with van der Waals surface area (Å²) < 4.78 is 0. The van der Waals surface area contributed by atoms with Crippen LogP contribution in [0.3, 0.4) is 0 Å². The summed E-state index contributed by atoms with van der Waals surface area (Å²) in [4.78, 5) is 14.3. The minimum atomic E-state index is -0.117. The smallest absolute Gasteiger partial charge is 0.163 e. The minimum absolute atomic E-state index is 0.117. The Balaban J connectivity index is 2.21. The van der Waals surface area contributed by atoms with E-state index in [1.807, 2.05) is 0 Å². The van der Waals surface area contributed by atoms with Crippen molar-refractivity contribution in [2.75, 3.05) is 0 Å². The molecule has 0 spiro atoms. The molecular weight excluding hydrogens is 294 g/mol. The number of nitrogens with zero attached hydrogens (tertiary/aromatic N) is 3. The van der Waals surface area contributed by atoms with Gasteiger partial charge in [0.05, 0.1) is 0 Å². The fraction of sp³-hybridized carbons (Fsp3) is 0.381. The van der Waals surface area contributed by atoms with Gasteiger partial charge in [-0.15, -0.1) is 0 Å². The molecule has 0 amide bonds. The summed E-state index contributed by atoms with van der Waals surface area (Å²) in [6, 6.07) is 14.7. The monoisotopic (exact) mass is 319 g/mol. The molecule has 3 aromatic rings. The second-order valence-electron chi connectivity index (χ2n) is 8.37. The number of hydrogen-bond donors (Lipinski definition) is 0. The van der Waals surface area contributed by atoms with E-state index in [0.29, 0.717) is 0 Å². The molecule has 124 valence electrons. The average Bonchev–Trinajstić information content (AvgIpc) is 2.52. The zero-order chi connectivity index (χ0) is 17.5. The lowest BCUT2D eigenvalue weighted by molar-refractivity contribution is 0.497. The highest BCUT2D eigenvalue weighted by Gasteiger charge is 2.25. The van der Waals surface area contributed by atoms with E-state index in [1.54, 1.807) is 0 Å². The molecule has 2 aromatic carbocycles. The number of aromatic nitrogens is 3. The highest BCUT2D eigenvalue weighted by Crippen LogP contribution is 2.28. The van der Waals surface area contributed by atoms with E-state index in [2.05, 4.69) is 84.0 Å². The van der Waals surface area contributed by atoms with Crippen molar-refractivity contribution in [3.05, 3.63) is 54.1 Å². The van der Waals surface area contributed by atoms with Gasteiger partial charge in [-0.2, -0.15) is 0 Å². The summed E-state index contributed by atoms with van der Waals surface area (Å²) in [5.74, 6) is 2.43. The van der Waals surface area contributed by atoms with Crippen molar-refractivity contribution in [1.82, 2.24) is 15.0 Å². The van der Waals surface area contributed by atoms with Crippen LogP contribution in [0, 0.1) is 0 Å². The zero-order valence-electron chi connectivity index (χ0n) is 15.4. The maximum Gasteiger partial charge on any atom is 0.163 e. The van der Waals surface area contributed by atoms with E-state index >= 15 is 0 Å². The standard InChI is InChI=1S/C21H25N3/c1-20(2,3)18-22-17(23-19(24-18)21(4,5)6)16-12-11-14-9-7-8-10-15(14)13-16/h7-13H,1-6H3. The van der Waals surface area contributed by atoms with Crippen LogP contribution in [0.15, 0.2) is 42.5 Å². The Bertz CT molecular complexity index is 851. The number of fused-ring (bicyclic) bond motifs is 1. The Morgan fingerprint density at radius 3 is 1.71 bits per heavy atom. The second-order valence-corrected chi connectivity index (χ2v) is 8.37. The van der Waals surface area contributed by atoms with Crippen LogP contribution in [0.5, 0.6) is 0 Å². The quantitative estimate of drug-likeness (QED) is 0.612. The highest BCUT2D eigenvalue weighted by atomic mass is 15.0. The molecule has 0 aliphatic rings. The lowest BCUT2D eigenvalue weighted by Crippen LogP contribution is -2.24. The van der Waals surface area contributed by atoms with Gasteiger partial charge >= 0.3 is 0 Å². The fourth-order valence-electron chi connectivity index (χ4n) is 2.50. The van der Waals surface area contributed by atoms with Crippen molar-refractivity contribution in [3.8, 4) is 11.4 Å². The summed E-state index contributed by atoms with van der Waals surface area (Å²) in [6.45, 7) is 12.8. The third-order valence-corrected chi connectivity index (χ3v) is 3.98. The summed E-state index contributed by atoms with van der Waals surface area (Å²) >= 11 is 0. The molecule has 0 atom stereocenters. The van der Waals surface area contributed by atoms with Gasteiger partial charge in [0, 0.05) is 16.4 Å². The molecule has 0 bridgehead atoms. The molecule has 1 heterocycles. The Hall–Kier alpha value is -2.29. The first-order valence-corrected chi connectivity index (χ1v) is 8.41. The summed E-state index contributed by atoms with van der Waals surface area (Å²) in [5, 5.41) is 2.42. The number of rotatable bonds is 1. The summed E-state index contributed by atoms with van der Waals surface area (Å²) in [6.07, 6.45) is 0. The largest absolute Gasteiger partial charge is 0.217 e. The van der Waals surface area contributed by atoms with Gasteiger partial charge < -0.3 is 0 Å². The van der Waals surface area contributed by atoms with Crippen LogP contribution in [0.25, 0.3) is 22.2 Å². The fourth-order valence-corrected chi connectivity index (χ4v) is 2.50. The molecule has 0 N–H and O–H groups in total.